The van der Waals surface area contributed by atoms with Crippen LogP contribution in [-0.4, -0.2) is 5.96 Å². The van der Waals surface area contributed by atoms with Crippen LogP contribution in [0.2, 0.25) is 0 Å². The van der Waals surface area contributed by atoms with Gasteiger partial charge in [0.05, 0.1) is 12.1 Å². The van der Waals surface area contributed by atoms with Gasteiger partial charge in [-0.2, -0.15) is 13.2 Å². The minimum atomic E-state index is -4.33. The molecule has 2 rings (SSSR count). The number of aliphatic imine (C=N–C) groups is 1. The van der Waals surface area contributed by atoms with Gasteiger partial charge in [-0.1, -0.05) is 18.2 Å². The topological polar surface area (TPSA) is 50.4 Å². The van der Waals surface area contributed by atoms with Gasteiger partial charge in [-0.3, -0.25) is 0 Å². The summed E-state index contributed by atoms with van der Waals surface area (Å²) in [6, 6.07) is 10.7. The van der Waals surface area contributed by atoms with Crippen LogP contribution in [0.15, 0.2) is 47.5 Å². The molecule has 0 bridgehead atoms. The van der Waals surface area contributed by atoms with Crippen molar-refractivity contribution in [3.05, 3.63) is 64.7 Å². The van der Waals surface area contributed by atoms with Crippen molar-refractivity contribution >= 4 is 35.6 Å². The van der Waals surface area contributed by atoms with Crippen LogP contribution in [0.1, 0.15) is 22.3 Å². The van der Waals surface area contributed by atoms with Crippen molar-refractivity contribution in [2.24, 2.45) is 10.7 Å². The van der Waals surface area contributed by atoms with Gasteiger partial charge in [0.25, 0.3) is 0 Å². The lowest BCUT2D eigenvalue weighted by Crippen LogP contribution is -2.22. The normalized spacial score (nSPS) is 11.8. The second kappa shape index (κ2) is 8.36. The fraction of sp³-hybridized carbons (Fsp3) is 0.235. The van der Waals surface area contributed by atoms with Crippen LogP contribution in [0, 0.1) is 13.8 Å². The van der Waals surface area contributed by atoms with E-state index >= 15 is 0 Å². The maximum Gasteiger partial charge on any atom is 0.416 e. The van der Waals surface area contributed by atoms with E-state index in [1.54, 1.807) is 0 Å². The zero-order valence-electron chi connectivity index (χ0n) is 13.3. The molecule has 3 N–H and O–H groups in total. The average Bonchev–Trinajstić information content (AvgIpc) is 2.48. The fourth-order valence-electron chi connectivity index (χ4n) is 1.98. The Morgan fingerprint density at radius 2 is 1.67 bits per heavy atom. The maximum absolute atomic E-state index is 12.5. The van der Waals surface area contributed by atoms with Gasteiger partial charge in [0, 0.05) is 5.69 Å². The molecule has 0 saturated carbocycles. The van der Waals surface area contributed by atoms with E-state index in [0.717, 1.165) is 23.4 Å². The first-order chi connectivity index (χ1) is 10.8. The highest BCUT2D eigenvalue weighted by Gasteiger charge is 2.29. The molecule has 0 radical (unpaired) electrons. The van der Waals surface area contributed by atoms with Crippen LogP contribution >= 0.6 is 24.0 Å². The van der Waals surface area contributed by atoms with Gasteiger partial charge in [0.2, 0.25) is 0 Å². The Labute approximate surface area is 156 Å². The third-order valence-electron chi connectivity index (χ3n) is 3.49. The number of nitrogens with zero attached hydrogens (tertiary/aromatic N) is 1. The van der Waals surface area contributed by atoms with E-state index in [-0.39, 0.29) is 36.5 Å². The summed E-state index contributed by atoms with van der Waals surface area (Å²) < 4.78 is 37.4. The van der Waals surface area contributed by atoms with Crippen LogP contribution in [0.5, 0.6) is 0 Å². The smallest absolute Gasteiger partial charge is 0.370 e. The predicted octanol–water partition coefficient (Wildman–Crippen LogP) is 4.87. The first-order valence-electron chi connectivity index (χ1n) is 7.06. The molecular weight excluding hydrogens is 430 g/mol. The molecule has 0 amide bonds. The molecular formula is C17H19F3IN3. The molecule has 3 nitrogen and oxygen atoms in total. The lowest BCUT2D eigenvalue weighted by Gasteiger charge is -2.09. The van der Waals surface area contributed by atoms with E-state index in [2.05, 4.69) is 10.3 Å². The number of alkyl halides is 3. The Morgan fingerprint density at radius 3 is 2.21 bits per heavy atom. The molecule has 24 heavy (non-hydrogen) atoms. The highest BCUT2D eigenvalue weighted by molar-refractivity contribution is 14.0. The largest absolute Gasteiger partial charge is 0.416 e. The number of nitrogens with one attached hydrogen (secondary N) is 1. The highest BCUT2D eigenvalue weighted by Crippen LogP contribution is 2.29. The van der Waals surface area contributed by atoms with Gasteiger partial charge in [-0.15, -0.1) is 24.0 Å². The summed E-state index contributed by atoms with van der Waals surface area (Å²) in [5.74, 6) is 0.216. The highest BCUT2D eigenvalue weighted by atomic mass is 127. The molecule has 0 aromatic heterocycles. The molecule has 2 aromatic rings. The van der Waals surface area contributed by atoms with Gasteiger partial charge in [-0.25, -0.2) is 4.99 Å². The molecule has 2 aromatic carbocycles. The van der Waals surface area contributed by atoms with E-state index in [9.17, 15) is 13.2 Å². The maximum atomic E-state index is 12.5. The van der Waals surface area contributed by atoms with E-state index < -0.39 is 11.7 Å². The second-order valence-corrected chi connectivity index (χ2v) is 5.32. The molecule has 7 heteroatoms. The summed E-state index contributed by atoms with van der Waals surface area (Å²) in [5.41, 5.74) is 8.91. The number of aryl methyl sites for hydroxylation is 2. The van der Waals surface area contributed by atoms with E-state index in [0.29, 0.717) is 5.56 Å². The number of rotatable bonds is 3. The molecule has 0 saturated heterocycles. The van der Waals surface area contributed by atoms with Crippen LogP contribution in [-0.2, 0) is 12.7 Å². The molecule has 0 aliphatic heterocycles. The summed E-state index contributed by atoms with van der Waals surface area (Å²) in [5, 5.41) is 2.96. The molecule has 0 atom stereocenters. The van der Waals surface area contributed by atoms with E-state index in [4.69, 9.17) is 5.73 Å². The first-order valence-corrected chi connectivity index (χ1v) is 7.06. The zero-order valence-corrected chi connectivity index (χ0v) is 15.6. The van der Waals surface area contributed by atoms with Crippen LogP contribution in [0.4, 0.5) is 18.9 Å². The Morgan fingerprint density at radius 1 is 1.04 bits per heavy atom. The number of anilines is 1. The van der Waals surface area contributed by atoms with Crippen molar-refractivity contribution in [1.82, 2.24) is 0 Å². The first kappa shape index (κ1) is 20.3. The van der Waals surface area contributed by atoms with Crippen LogP contribution in [0.25, 0.3) is 0 Å². The summed E-state index contributed by atoms with van der Waals surface area (Å²) in [6.07, 6.45) is -4.33. The van der Waals surface area contributed by atoms with Crippen LogP contribution in [0.3, 0.4) is 0 Å². The van der Waals surface area contributed by atoms with Crippen molar-refractivity contribution in [1.29, 1.82) is 0 Å². The lowest BCUT2D eigenvalue weighted by molar-refractivity contribution is -0.137. The lowest BCUT2D eigenvalue weighted by atomic mass is 10.1. The van der Waals surface area contributed by atoms with E-state index in [1.165, 1.54) is 17.7 Å². The molecule has 130 valence electrons. The summed E-state index contributed by atoms with van der Waals surface area (Å²) >= 11 is 0. The Kier molecular flexibility index (Phi) is 7.07. The summed E-state index contributed by atoms with van der Waals surface area (Å²) in [4.78, 5) is 4.14. The molecule has 0 heterocycles. The third kappa shape index (κ3) is 5.70. The average molecular weight is 449 g/mol. The summed E-state index contributed by atoms with van der Waals surface area (Å²) in [7, 11) is 0. The number of guanidine groups is 1. The molecule has 0 spiro atoms. The molecule has 0 aliphatic carbocycles. The van der Waals surface area contributed by atoms with E-state index in [1.807, 2.05) is 32.0 Å². The number of benzene rings is 2. The minimum Gasteiger partial charge on any atom is -0.370 e. The van der Waals surface area contributed by atoms with Gasteiger partial charge in [0.15, 0.2) is 5.96 Å². The minimum absolute atomic E-state index is 0. The van der Waals surface area contributed by atoms with Crippen LogP contribution < -0.4 is 11.1 Å². The van der Waals surface area contributed by atoms with Crippen molar-refractivity contribution in [3.8, 4) is 0 Å². The van der Waals surface area contributed by atoms with Gasteiger partial charge in [-0.05, 0) is 54.8 Å². The quantitative estimate of drug-likeness (QED) is 0.399. The van der Waals surface area contributed by atoms with Crippen molar-refractivity contribution < 1.29 is 13.2 Å². The Bertz CT molecular complexity index is 710. The third-order valence-corrected chi connectivity index (χ3v) is 3.49. The second-order valence-electron chi connectivity index (χ2n) is 5.32. The standard InChI is InChI=1S/C17H18F3N3.HI/c1-11-3-8-15(9-12(11)2)23-16(21)22-10-13-4-6-14(7-5-13)17(18,19)20;/h3-9H,10H2,1-2H3,(H3,21,22,23);1H. The van der Waals surface area contributed by atoms with Crippen molar-refractivity contribution in [2.45, 2.75) is 26.6 Å². The summed E-state index contributed by atoms with van der Waals surface area (Å²) in [6.45, 7) is 4.22. The van der Waals surface area contributed by atoms with Gasteiger partial charge < -0.3 is 11.1 Å². The molecule has 0 aliphatic rings. The Balaban J connectivity index is 0.00000288. The van der Waals surface area contributed by atoms with Crippen molar-refractivity contribution in [2.75, 3.05) is 5.32 Å². The molecule has 0 unspecified atom stereocenters. The monoisotopic (exact) mass is 449 g/mol. The number of halogens is 4. The van der Waals surface area contributed by atoms with Gasteiger partial charge >= 0.3 is 6.18 Å². The van der Waals surface area contributed by atoms with Gasteiger partial charge in [0.1, 0.15) is 0 Å². The SMILES string of the molecule is Cc1ccc(NC(N)=NCc2ccc(C(F)(F)F)cc2)cc1C.I. The number of nitrogens with two attached hydrogens (primary N) is 1. The zero-order chi connectivity index (χ0) is 17.0. The fourth-order valence-corrected chi connectivity index (χ4v) is 1.98. The number of hydrogen-bond acceptors (Lipinski definition) is 1. The molecule has 0 fully saturated rings. The number of hydrogen-bond donors (Lipinski definition) is 2. The van der Waals surface area contributed by atoms with Crippen molar-refractivity contribution in [3.63, 3.8) is 0 Å². The Hall–Kier alpha value is -1.77. The predicted molar refractivity (Wildman–Crippen MR) is 102 cm³/mol.